The molecule has 1 aliphatic heterocycles. The molecule has 0 saturated carbocycles. The molecule has 1 aromatic carbocycles. The molecular weight excluding hydrogens is 254 g/mol. The summed E-state index contributed by atoms with van der Waals surface area (Å²) in [7, 11) is 0. The average Bonchev–Trinajstić information content (AvgIpc) is 2.26. The van der Waals surface area contributed by atoms with E-state index in [0.717, 1.165) is 25.1 Å². The molecule has 1 N–H and O–H groups in total. The van der Waals surface area contributed by atoms with E-state index in [1.54, 1.807) is 17.0 Å². The first-order chi connectivity index (χ1) is 9.06. The molecule has 6 heteroatoms. The molecular formula is C13H16F2N2O2. The van der Waals surface area contributed by atoms with Crippen molar-refractivity contribution in [3.63, 3.8) is 0 Å². The van der Waals surface area contributed by atoms with Crippen molar-refractivity contribution in [2.45, 2.75) is 26.0 Å². The van der Waals surface area contributed by atoms with Gasteiger partial charge in [-0.25, -0.2) is 4.79 Å². The Balaban J connectivity index is 1.91. The molecule has 1 atom stereocenters. The van der Waals surface area contributed by atoms with Crippen molar-refractivity contribution in [3.05, 3.63) is 29.8 Å². The van der Waals surface area contributed by atoms with E-state index in [2.05, 4.69) is 10.1 Å². The Hall–Kier alpha value is -1.85. The summed E-state index contributed by atoms with van der Waals surface area (Å²) >= 11 is 0. The summed E-state index contributed by atoms with van der Waals surface area (Å²) in [6.45, 7) is 0.606. The van der Waals surface area contributed by atoms with Gasteiger partial charge < -0.3 is 15.0 Å². The highest BCUT2D eigenvalue weighted by Gasteiger charge is 2.21. The van der Waals surface area contributed by atoms with Crippen LogP contribution in [0.25, 0.3) is 0 Å². The molecule has 1 aromatic rings. The number of ether oxygens (including phenoxy) is 1. The molecule has 4 nitrogen and oxygen atoms in total. The fraction of sp³-hybridized carbons (Fsp3) is 0.462. The smallest absolute Gasteiger partial charge is 0.387 e. The Bertz CT molecular complexity index is 433. The molecule has 1 aliphatic rings. The second-order valence-electron chi connectivity index (χ2n) is 4.46. The van der Waals surface area contributed by atoms with E-state index in [0.29, 0.717) is 0 Å². The highest BCUT2D eigenvalue weighted by atomic mass is 19.3. The van der Waals surface area contributed by atoms with Crippen LogP contribution in [0.4, 0.5) is 13.6 Å². The Kier molecular flexibility index (Phi) is 4.19. The fourth-order valence-electron chi connectivity index (χ4n) is 1.82. The molecule has 1 heterocycles. The van der Waals surface area contributed by atoms with Gasteiger partial charge in [-0.05, 0) is 31.0 Å². The third kappa shape index (κ3) is 3.56. The van der Waals surface area contributed by atoms with Crippen molar-refractivity contribution in [2.75, 3.05) is 13.1 Å². The lowest BCUT2D eigenvalue weighted by atomic mass is 10.1. The van der Waals surface area contributed by atoms with Gasteiger partial charge in [-0.2, -0.15) is 8.78 Å². The van der Waals surface area contributed by atoms with Crippen molar-refractivity contribution in [2.24, 2.45) is 0 Å². The van der Waals surface area contributed by atoms with Crippen molar-refractivity contribution in [1.82, 2.24) is 10.2 Å². The summed E-state index contributed by atoms with van der Waals surface area (Å²) in [4.78, 5) is 13.4. The normalized spacial score (nSPS) is 15.9. The number of carbonyl (C=O) groups is 1. The first-order valence-corrected chi connectivity index (χ1v) is 6.16. The highest BCUT2D eigenvalue weighted by molar-refractivity contribution is 5.75. The number of likely N-dealkylation sites (tertiary alicyclic amines) is 1. The zero-order valence-electron chi connectivity index (χ0n) is 10.6. The number of rotatable bonds is 4. The van der Waals surface area contributed by atoms with E-state index < -0.39 is 6.61 Å². The van der Waals surface area contributed by atoms with E-state index in [4.69, 9.17) is 0 Å². The molecule has 1 fully saturated rings. The molecule has 0 radical (unpaired) electrons. The minimum atomic E-state index is -2.82. The van der Waals surface area contributed by atoms with Crippen molar-refractivity contribution < 1.29 is 18.3 Å². The predicted octanol–water partition coefficient (Wildman–Crippen LogP) is 2.76. The number of nitrogens with zero attached hydrogens (tertiary/aromatic N) is 1. The van der Waals surface area contributed by atoms with Crippen LogP contribution in [0.3, 0.4) is 0 Å². The summed E-state index contributed by atoms with van der Waals surface area (Å²) in [5.41, 5.74) is 0.843. The first kappa shape index (κ1) is 13.6. The van der Waals surface area contributed by atoms with E-state index in [1.807, 2.05) is 6.92 Å². The highest BCUT2D eigenvalue weighted by Crippen LogP contribution is 2.19. The Morgan fingerprint density at radius 2 is 1.95 bits per heavy atom. The van der Waals surface area contributed by atoms with Crippen LogP contribution in [-0.4, -0.2) is 30.6 Å². The Labute approximate surface area is 110 Å². The molecule has 0 bridgehead atoms. The van der Waals surface area contributed by atoms with Gasteiger partial charge in [0.2, 0.25) is 0 Å². The summed E-state index contributed by atoms with van der Waals surface area (Å²) in [5.74, 6) is 0.111. The van der Waals surface area contributed by atoms with Gasteiger partial charge in [-0.15, -0.1) is 0 Å². The zero-order valence-corrected chi connectivity index (χ0v) is 10.6. The molecule has 19 heavy (non-hydrogen) atoms. The number of urea groups is 1. The molecule has 2 rings (SSSR count). The van der Waals surface area contributed by atoms with E-state index in [9.17, 15) is 13.6 Å². The van der Waals surface area contributed by atoms with Gasteiger partial charge in [-0.1, -0.05) is 12.1 Å². The van der Waals surface area contributed by atoms with Crippen LogP contribution < -0.4 is 10.1 Å². The first-order valence-electron chi connectivity index (χ1n) is 6.16. The number of nitrogens with one attached hydrogen (secondary N) is 1. The zero-order chi connectivity index (χ0) is 13.8. The molecule has 0 aliphatic carbocycles. The maximum absolute atomic E-state index is 12.0. The SMILES string of the molecule is CC(NC(=O)N1CCC1)c1ccc(OC(F)F)cc1. The quantitative estimate of drug-likeness (QED) is 0.914. The monoisotopic (exact) mass is 270 g/mol. The summed E-state index contributed by atoms with van der Waals surface area (Å²) in [5, 5.41) is 2.86. The number of alkyl halides is 2. The van der Waals surface area contributed by atoms with Crippen LogP contribution in [0.5, 0.6) is 5.75 Å². The topological polar surface area (TPSA) is 41.6 Å². The molecule has 104 valence electrons. The fourth-order valence-corrected chi connectivity index (χ4v) is 1.82. The molecule has 0 spiro atoms. The number of hydrogen-bond donors (Lipinski definition) is 1. The molecule has 2 amide bonds. The molecule has 1 saturated heterocycles. The number of halogens is 2. The van der Waals surface area contributed by atoms with Crippen LogP contribution in [0.15, 0.2) is 24.3 Å². The third-order valence-corrected chi connectivity index (χ3v) is 3.09. The van der Waals surface area contributed by atoms with Crippen molar-refractivity contribution >= 4 is 6.03 Å². The van der Waals surface area contributed by atoms with Crippen LogP contribution in [0, 0.1) is 0 Å². The van der Waals surface area contributed by atoms with Gasteiger partial charge in [0.25, 0.3) is 0 Å². The summed E-state index contributed by atoms with van der Waals surface area (Å²) in [6.07, 6.45) is 1.04. The van der Waals surface area contributed by atoms with Crippen molar-refractivity contribution in [3.8, 4) is 5.75 Å². The number of carbonyl (C=O) groups excluding carboxylic acids is 1. The number of hydrogen-bond acceptors (Lipinski definition) is 2. The van der Waals surface area contributed by atoms with Gasteiger partial charge in [0.15, 0.2) is 0 Å². The lowest BCUT2D eigenvalue weighted by Gasteiger charge is -2.32. The predicted molar refractivity (Wildman–Crippen MR) is 66.2 cm³/mol. The van der Waals surface area contributed by atoms with Gasteiger partial charge >= 0.3 is 12.6 Å². The average molecular weight is 270 g/mol. The largest absolute Gasteiger partial charge is 0.435 e. The van der Waals surface area contributed by atoms with Gasteiger partial charge in [-0.3, -0.25) is 0 Å². The standard InChI is InChI=1S/C13H16F2N2O2/c1-9(16-13(18)17-7-2-8-17)10-3-5-11(6-4-10)19-12(14)15/h3-6,9,12H,2,7-8H2,1H3,(H,16,18). The van der Waals surface area contributed by atoms with E-state index >= 15 is 0 Å². The van der Waals surface area contributed by atoms with Crippen molar-refractivity contribution in [1.29, 1.82) is 0 Å². The second kappa shape index (κ2) is 5.86. The maximum Gasteiger partial charge on any atom is 0.387 e. The minimum Gasteiger partial charge on any atom is -0.435 e. The van der Waals surface area contributed by atoms with E-state index in [1.165, 1.54) is 12.1 Å². The summed E-state index contributed by atoms with van der Waals surface area (Å²) < 4.78 is 28.3. The Morgan fingerprint density at radius 3 is 2.42 bits per heavy atom. The number of benzene rings is 1. The number of amides is 2. The van der Waals surface area contributed by atoms with Crippen LogP contribution in [0.1, 0.15) is 24.9 Å². The molecule has 1 unspecified atom stereocenters. The van der Waals surface area contributed by atoms with Crippen LogP contribution in [0.2, 0.25) is 0 Å². The second-order valence-corrected chi connectivity index (χ2v) is 4.46. The van der Waals surface area contributed by atoms with Gasteiger partial charge in [0.1, 0.15) is 5.75 Å². The lowest BCUT2D eigenvalue weighted by molar-refractivity contribution is -0.0498. The Morgan fingerprint density at radius 1 is 1.32 bits per heavy atom. The third-order valence-electron chi connectivity index (χ3n) is 3.09. The van der Waals surface area contributed by atoms with Gasteiger partial charge in [0, 0.05) is 13.1 Å². The van der Waals surface area contributed by atoms with Gasteiger partial charge in [0.05, 0.1) is 6.04 Å². The van der Waals surface area contributed by atoms with Crippen LogP contribution >= 0.6 is 0 Å². The molecule has 0 aromatic heterocycles. The van der Waals surface area contributed by atoms with E-state index in [-0.39, 0.29) is 17.8 Å². The lowest BCUT2D eigenvalue weighted by Crippen LogP contribution is -2.48. The minimum absolute atomic E-state index is 0.0911. The van der Waals surface area contributed by atoms with Crippen LogP contribution in [-0.2, 0) is 0 Å². The summed E-state index contributed by atoms with van der Waals surface area (Å²) in [6, 6.07) is 6.00. The maximum atomic E-state index is 12.0.